The van der Waals surface area contributed by atoms with Gasteiger partial charge in [-0.2, -0.15) is 4.31 Å². The van der Waals surface area contributed by atoms with Crippen molar-refractivity contribution in [3.63, 3.8) is 0 Å². The molecule has 0 bridgehead atoms. The van der Waals surface area contributed by atoms with E-state index >= 15 is 0 Å². The zero-order valence-electron chi connectivity index (χ0n) is 14.9. The predicted molar refractivity (Wildman–Crippen MR) is 103 cm³/mol. The van der Waals surface area contributed by atoms with Crippen molar-refractivity contribution in [2.45, 2.75) is 18.7 Å². The molecular weight excluding hydrogens is 368 g/mol. The van der Waals surface area contributed by atoms with Gasteiger partial charge in [0.15, 0.2) is 0 Å². The van der Waals surface area contributed by atoms with Crippen LogP contribution in [0.15, 0.2) is 52.2 Å². The van der Waals surface area contributed by atoms with Crippen molar-refractivity contribution >= 4 is 32.7 Å². The van der Waals surface area contributed by atoms with E-state index in [4.69, 9.17) is 0 Å². The van der Waals surface area contributed by atoms with Crippen molar-refractivity contribution in [1.29, 1.82) is 0 Å². The Kier molecular flexibility index (Phi) is 5.15. The van der Waals surface area contributed by atoms with Crippen LogP contribution >= 0.6 is 0 Å². The van der Waals surface area contributed by atoms with E-state index in [-0.39, 0.29) is 16.5 Å². The van der Waals surface area contributed by atoms with Crippen molar-refractivity contribution in [2.75, 3.05) is 18.4 Å². The average Bonchev–Trinajstić information content (AvgIpc) is 3.02. The number of rotatable bonds is 6. The molecule has 3 N–H and O–H groups in total. The van der Waals surface area contributed by atoms with Gasteiger partial charge in [-0.1, -0.05) is 13.8 Å². The van der Waals surface area contributed by atoms with Gasteiger partial charge in [0.25, 0.3) is 5.91 Å². The van der Waals surface area contributed by atoms with Crippen LogP contribution in [0.25, 0.3) is 11.0 Å². The molecule has 8 nitrogen and oxygen atoms in total. The molecule has 1 heterocycles. The highest BCUT2D eigenvalue weighted by Crippen LogP contribution is 2.18. The molecule has 0 radical (unpaired) electrons. The lowest BCUT2D eigenvalue weighted by atomic mass is 10.2. The normalized spacial score (nSPS) is 11.8. The van der Waals surface area contributed by atoms with Crippen LogP contribution in [0.1, 0.15) is 24.2 Å². The van der Waals surface area contributed by atoms with Crippen LogP contribution in [0.2, 0.25) is 0 Å². The second-order valence-corrected chi connectivity index (χ2v) is 7.85. The van der Waals surface area contributed by atoms with E-state index in [2.05, 4.69) is 15.3 Å². The number of benzene rings is 2. The van der Waals surface area contributed by atoms with Gasteiger partial charge in [0, 0.05) is 24.3 Å². The standard InChI is InChI=1S/C18H20N4O4S/c1-3-22(4-2)27(25,26)14-8-5-12(6-9-14)17(23)19-13-7-10-15-16(11-13)21-18(24)20-15/h5-11H,3-4H2,1-2H3,(H,19,23)(H2,20,21,24). The highest BCUT2D eigenvalue weighted by atomic mass is 32.2. The monoisotopic (exact) mass is 388 g/mol. The minimum atomic E-state index is -3.56. The predicted octanol–water partition coefficient (Wildman–Crippen LogP) is 2.14. The number of aromatic nitrogens is 2. The summed E-state index contributed by atoms with van der Waals surface area (Å²) in [6.07, 6.45) is 0. The Labute approximate surface area is 156 Å². The SMILES string of the molecule is CCN(CC)S(=O)(=O)c1ccc(C(=O)Nc2ccc3[nH]c(=O)[nH]c3c2)cc1. The molecule has 0 aliphatic heterocycles. The smallest absolute Gasteiger partial charge is 0.322 e. The maximum Gasteiger partial charge on any atom is 0.323 e. The molecule has 0 aliphatic carbocycles. The molecule has 0 unspecified atom stereocenters. The third kappa shape index (κ3) is 3.79. The lowest BCUT2D eigenvalue weighted by molar-refractivity contribution is 0.102. The summed E-state index contributed by atoms with van der Waals surface area (Å²) in [5.41, 5.74) is 1.75. The summed E-state index contributed by atoms with van der Waals surface area (Å²) in [7, 11) is -3.56. The Hall–Kier alpha value is -2.91. The first-order valence-electron chi connectivity index (χ1n) is 8.48. The lowest BCUT2D eigenvalue weighted by Crippen LogP contribution is -2.30. The van der Waals surface area contributed by atoms with E-state index in [1.54, 1.807) is 32.0 Å². The first-order chi connectivity index (χ1) is 12.8. The minimum Gasteiger partial charge on any atom is -0.322 e. The number of H-pyrrole nitrogens is 2. The molecule has 27 heavy (non-hydrogen) atoms. The number of nitrogens with zero attached hydrogens (tertiary/aromatic N) is 1. The van der Waals surface area contributed by atoms with Gasteiger partial charge in [-0.3, -0.25) is 4.79 Å². The fourth-order valence-corrected chi connectivity index (χ4v) is 4.26. The molecule has 0 aliphatic rings. The third-order valence-corrected chi connectivity index (χ3v) is 6.30. The molecule has 0 saturated heterocycles. The van der Waals surface area contributed by atoms with Crippen LogP contribution in [-0.4, -0.2) is 41.7 Å². The van der Waals surface area contributed by atoms with Gasteiger partial charge in [0.1, 0.15) is 0 Å². The minimum absolute atomic E-state index is 0.147. The molecule has 1 amide bonds. The van der Waals surface area contributed by atoms with Gasteiger partial charge in [-0.25, -0.2) is 13.2 Å². The van der Waals surface area contributed by atoms with Crippen molar-refractivity contribution in [3.05, 3.63) is 58.5 Å². The Morgan fingerprint density at radius 1 is 1.00 bits per heavy atom. The Morgan fingerprint density at radius 2 is 1.63 bits per heavy atom. The number of imidazole rings is 1. The van der Waals surface area contributed by atoms with Gasteiger partial charge in [-0.05, 0) is 42.5 Å². The number of anilines is 1. The number of hydrogen-bond acceptors (Lipinski definition) is 4. The van der Waals surface area contributed by atoms with Gasteiger partial charge in [0.05, 0.1) is 15.9 Å². The number of amides is 1. The van der Waals surface area contributed by atoms with Crippen molar-refractivity contribution in [3.8, 4) is 0 Å². The Bertz CT molecular complexity index is 1130. The molecule has 0 atom stereocenters. The van der Waals surface area contributed by atoms with Crippen molar-refractivity contribution in [2.24, 2.45) is 0 Å². The second kappa shape index (κ2) is 7.37. The quantitative estimate of drug-likeness (QED) is 0.600. The number of aromatic amines is 2. The fraction of sp³-hybridized carbons (Fsp3) is 0.222. The molecule has 9 heteroatoms. The summed E-state index contributed by atoms with van der Waals surface area (Å²) in [6, 6.07) is 10.8. The van der Waals surface area contributed by atoms with Crippen LogP contribution in [0.3, 0.4) is 0 Å². The molecule has 0 saturated carbocycles. The molecule has 1 aromatic heterocycles. The number of sulfonamides is 1. The average molecular weight is 388 g/mol. The van der Waals surface area contributed by atoms with Gasteiger partial charge in [0.2, 0.25) is 10.0 Å². The van der Waals surface area contributed by atoms with E-state index < -0.39 is 10.0 Å². The van der Waals surface area contributed by atoms with E-state index in [0.29, 0.717) is 35.4 Å². The molecular formula is C18H20N4O4S. The number of hydrogen-bond donors (Lipinski definition) is 3. The lowest BCUT2D eigenvalue weighted by Gasteiger charge is -2.18. The first kappa shape index (κ1) is 18.9. The Morgan fingerprint density at radius 3 is 2.26 bits per heavy atom. The van der Waals surface area contributed by atoms with Crippen molar-refractivity contribution in [1.82, 2.24) is 14.3 Å². The van der Waals surface area contributed by atoms with E-state index in [1.165, 1.54) is 28.6 Å². The van der Waals surface area contributed by atoms with E-state index in [1.807, 2.05) is 0 Å². The number of fused-ring (bicyclic) bond motifs is 1. The summed E-state index contributed by atoms with van der Waals surface area (Å²) in [4.78, 5) is 29.1. The summed E-state index contributed by atoms with van der Waals surface area (Å²) < 4.78 is 26.3. The number of nitrogens with one attached hydrogen (secondary N) is 3. The van der Waals surface area contributed by atoms with Crippen LogP contribution in [0.4, 0.5) is 5.69 Å². The number of carbonyl (C=O) groups is 1. The maximum absolute atomic E-state index is 12.5. The van der Waals surface area contributed by atoms with E-state index in [9.17, 15) is 18.0 Å². The molecule has 3 rings (SSSR count). The van der Waals surface area contributed by atoms with Gasteiger partial charge >= 0.3 is 5.69 Å². The molecule has 2 aromatic carbocycles. The van der Waals surface area contributed by atoms with Crippen LogP contribution in [0, 0.1) is 0 Å². The van der Waals surface area contributed by atoms with Crippen LogP contribution < -0.4 is 11.0 Å². The zero-order valence-corrected chi connectivity index (χ0v) is 15.8. The maximum atomic E-state index is 12.5. The molecule has 142 valence electrons. The van der Waals surface area contributed by atoms with Gasteiger partial charge < -0.3 is 15.3 Å². The zero-order chi connectivity index (χ0) is 19.6. The Balaban J connectivity index is 1.79. The van der Waals surface area contributed by atoms with Crippen LogP contribution in [0.5, 0.6) is 0 Å². The number of carbonyl (C=O) groups excluding carboxylic acids is 1. The summed E-state index contributed by atoms with van der Waals surface area (Å²) >= 11 is 0. The van der Waals surface area contributed by atoms with Crippen molar-refractivity contribution < 1.29 is 13.2 Å². The largest absolute Gasteiger partial charge is 0.323 e. The van der Waals surface area contributed by atoms with E-state index in [0.717, 1.165) is 0 Å². The molecule has 0 spiro atoms. The third-order valence-electron chi connectivity index (χ3n) is 4.23. The highest BCUT2D eigenvalue weighted by Gasteiger charge is 2.21. The summed E-state index contributed by atoms with van der Waals surface area (Å²) in [6.45, 7) is 4.31. The first-order valence-corrected chi connectivity index (χ1v) is 9.92. The molecule has 0 fully saturated rings. The summed E-state index contributed by atoms with van der Waals surface area (Å²) in [5, 5.41) is 2.73. The summed E-state index contributed by atoms with van der Waals surface area (Å²) in [5.74, 6) is -0.376. The topological polar surface area (TPSA) is 115 Å². The highest BCUT2D eigenvalue weighted by molar-refractivity contribution is 7.89. The molecule has 3 aromatic rings. The second-order valence-electron chi connectivity index (χ2n) is 5.91. The fourth-order valence-electron chi connectivity index (χ4n) is 2.80. The van der Waals surface area contributed by atoms with Gasteiger partial charge in [-0.15, -0.1) is 0 Å². The van der Waals surface area contributed by atoms with Crippen LogP contribution in [-0.2, 0) is 10.0 Å².